The number of amides is 1. The largest absolute Gasteiger partial charge is 0.481 e. The Morgan fingerprint density at radius 3 is 2.83 bits per heavy atom. The van der Waals surface area contributed by atoms with E-state index < -0.39 is 11.9 Å². The van der Waals surface area contributed by atoms with E-state index >= 15 is 0 Å². The number of aromatic amines is 1. The van der Waals surface area contributed by atoms with Gasteiger partial charge < -0.3 is 15.4 Å². The van der Waals surface area contributed by atoms with Gasteiger partial charge in [0.1, 0.15) is 5.82 Å². The van der Waals surface area contributed by atoms with Gasteiger partial charge in [-0.3, -0.25) is 9.59 Å². The lowest BCUT2D eigenvalue weighted by Gasteiger charge is -2.22. The van der Waals surface area contributed by atoms with E-state index in [1.165, 1.54) is 12.1 Å². The summed E-state index contributed by atoms with van der Waals surface area (Å²) < 4.78 is 13.2. The lowest BCUT2D eigenvalue weighted by atomic mass is 9.94. The highest BCUT2D eigenvalue weighted by molar-refractivity contribution is 5.89. The van der Waals surface area contributed by atoms with Crippen molar-refractivity contribution in [2.75, 3.05) is 0 Å². The lowest BCUT2D eigenvalue weighted by Crippen LogP contribution is -2.43. The molecule has 24 heavy (non-hydrogen) atoms. The summed E-state index contributed by atoms with van der Waals surface area (Å²) in [4.78, 5) is 26.8. The van der Waals surface area contributed by atoms with Gasteiger partial charge >= 0.3 is 5.97 Å². The number of H-pyrrole nitrogens is 1. The number of aromatic nitrogens is 1. The van der Waals surface area contributed by atoms with E-state index in [0.29, 0.717) is 18.4 Å². The molecule has 0 aliphatic heterocycles. The second kappa shape index (κ2) is 7.03. The first kappa shape index (κ1) is 16.5. The summed E-state index contributed by atoms with van der Waals surface area (Å²) in [5, 5.41) is 13.1. The summed E-state index contributed by atoms with van der Waals surface area (Å²) in [6.07, 6.45) is 5.97. The van der Waals surface area contributed by atoms with E-state index in [2.05, 4.69) is 10.3 Å². The Morgan fingerprint density at radius 2 is 2.04 bits per heavy atom. The zero-order chi connectivity index (χ0) is 17.1. The first-order valence-corrected chi connectivity index (χ1v) is 8.32. The molecule has 0 saturated heterocycles. The van der Waals surface area contributed by atoms with E-state index in [1.54, 1.807) is 12.3 Å². The maximum atomic E-state index is 13.2. The van der Waals surface area contributed by atoms with Gasteiger partial charge in [-0.25, -0.2) is 4.39 Å². The van der Waals surface area contributed by atoms with Gasteiger partial charge in [-0.1, -0.05) is 19.3 Å². The lowest BCUT2D eigenvalue weighted by molar-refractivity contribution is -0.143. The third-order valence-electron chi connectivity index (χ3n) is 4.76. The zero-order valence-electron chi connectivity index (χ0n) is 13.3. The van der Waals surface area contributed by atoms with Crippen molar-refractivity contribution in [2.24, 2.45) is 5.92 Å². The van der Waals surface area contributed by atoms with E-state index in [-0.39, 0.29) is 24.2 Å². The second-order valence-electron chi connectivity index (χ2n) is 6.44. The molecule has 0 spiro atoms. The third kappa shape index (κ3) is 3.58. The van der Waals surface area contributed by atoms with Crippen molar-refractivity contribution in [3.8, 4) is 0 Å². The highest BCUT2D eigenvalue weighted by Gasteiger charge is 2.30. The normalized spacial score (nSPS) is 21.4. The van der Waals surface area contributed by atoms with Crippen molar-refractivity contribution >= 4 is 22.8 Å². The van der Waals surface area contributed by atoms with Crippen molar-refractivity contribution in [1.82, 2.24) is 10.3 Å². The predicted molar refractivity (Wildman–Crippen MR) is 88.1 cm³/mol. The van der Waals surface area contributed by atoms with Crippen molar-refractivity contribution in [2.45, 2.75) is 44.6 Å². The first-order valence-electron chi connectivity index (χ1n) is 8.32. The molecule has 1 aromatic carbocycles. The molecular formula is C18H21FN2O3. The Balaban J connectivity index is 1.70. The number of hydrogen-bond acceptors (Lipinski definition) is 2. The van der Waals surface area contributed by atoms with Crippen LogP contribution < -0.4 is 5.32 Å². The maximum absolute atomic E-state index is 13.2. The molecule has 3 rings (SSSR count). The predicted octanol–water partition coefficient (Wildman–Crippen LogP) is 3.00. The van der Waals surface area contributed by atoms with Crippen LogP contribution in [0.5, 0.6) is 0 Å². The second-order valence-corrected chi connectivity index (χ2v) is 6.44. The van der Waals surface area contributed by atoms with E-state index in [4.69, 9.17) is 0 Å². The SMILES string of the molecule is O=C(Cc1c[nH]c2cc(F)ccc12)N[C@H]1CCCCC[C@H]1C(=O)O. The minimum atomic E-state index is -0.843. The number of aliphatic carboxylic acids is 1. The molecule has 2 atom stereocenters. The molecule has 3 N–H and O–H groups in total. The highest BCUT2D eigenvalue weighted by Crippen LogP contribution is 2.24. The van der Waals surface area contributed by atoms with Crippen LogP contribution in [0.3, 0.4) is 0 Å². The van der Waals surface area contributed by atoms with Crippen LogP contribution in [0.2, 0.25) is 0 Å². The van der Waals surface area contributed by atoms with Gasteiger partial charge in [-0.2, -0.15) is 0 Å². The summed E-state index contributed by atoms with van der Waals surface area (Å²) in [5.74, 6) is -1.89. The zero-order valence-corrected chi connectivity index (χ0v) is 13.3. The molecule has 0 bridgehead atoms. The third-order valence-corrected chi connectivity index (χ3v) is 4.76. The maximum Gasteiger partial charge on any atom is 0.308 e. The summed E-state index contributed by atoms with van der Waals surface area (Å²) in [5.41, 5.74) is 1.43. The monoisotopic (exact) mass is 332 g/mol. The Labute approximate surface area is 139 Å². The summed E-state index contributed by atoms with van der Waals surface area (Å²) in [7, 11) is 0. The van der Waals surface area contributed by atoms with Crippen LogP contribution >= 0.6 is 0 Å². The van der Waals surface area contributed by atoms with Crippen molar-refractivity contribution in [3.63, 3.8) is 0 Å². The van der Waals surface area contributed by atoms with Crippen LogP contribution in [0.25, 0.3) is 10.9 Å². The number of hydrogen-bond donors (Lipinski definition) is 3. The van der Waals surface area contributed by atoms with Gasteiger partial charge in [-0.15, -0.1) is 0 Å². The molecule has 5 nitrogen and oxygen atoms in total. The van der Waals surface area contributed by atoms with Gasteiger partial charge in [-0.05, 0) is 36.6 Å². The van der Waals surface area contributed by atoms with Crippen LogP contribution in [0.15, 0.2) is 24.4 Å². The fourth-order valence-corrected chi connectivity index (χ4v) is 3.51. The molecule has 1 aliphatic rings. The topological polar surface area (TPSA) is 82.2 Å². The van der Waals surface area contributed by atoms with Gasteiger partial charge in [0.15, 0.2) is 0 Å². The number of carboxylic acid groups (broad SMARTS) is 1. The van der Waals surface area contributed by atoms with Gasteiger partial charge in [0.25, 0.3) is 0 Å². The molecule has 6 heteroatoms. The Hall–Kier alpha value is -2.37. The Bertz CT molecular complexity index is 756. The average Bonchev–Trinajstić information content (AvgIpc) is 2.76. The average molecular weight is 332 g/mol. The molecule has 1 aliphatic carbocycles. The Kier molecular flexibility index (Phi) is 4.83. The van der Waals surface area contributed by atoms with Crippen LogP contribution in [0.1, 0.15) is 37.7 Å². The van der Waals surface area contributed by atoms with E-state index in [9.17, 15) is 19.1 Å². The van der Waals surface area contributed by atoms with Crippen molar-refractivity contribution < 1.29 is 19.1 Å². The standard InChI is InChI=1S/C18H21FN2O3/c19-12-6-7-13-11(10-20-16(13)9-12)8-17(22)21-15-5-3-1-2-4-14(15)18(23)24/h6-7,9-10,14-15,20H,1-5,8H2,(H,21,22)(H,23,24)/t14-,15+/m1/s1. The quantitative estimate of drug-likeness (QED) is 0.753. The fraction of sp³-hybridized carbons (Fsp3) is 0.444. The molecule has 1 amide bonds. The molecule has 2 aromatic rings. The molecular weight excluding hydrogens is 311 g/mol. The summed E-state index contributed by atoms with van der Waals surface area (Å²) >= 11 is 0. The first-order chi connectivity index (χ1) is 11.5. The van der Waals surface area contributed by atoms with Crippen LogP contribution in [0, 0.1) is 11.7 Å². The number of carbonyl (C=O) groups excluding carboxylic acids is 1. The van der Waals surface area contributed by atoms with Crippen LogP contribution in [-0.4, -0.2) is 28.0 Å². The van der Waals surface area contributed by atoms with E-state index in [0.717, 1.165) is 30.2 Å². The number of halogens is 1. The smallest absolute Gasteiger partial charge is 0.308 e. The van der Waals surface area contributed by atoms with Crippen molar-refractivity contribution in [1.29, 1.82) is 0 Å². The number of carboxylic acids is 1. The Morgan fingerprint density at radius 1 is 1.25 bits per heavy atom. The number of nitrogens with one attached hydrogen (secondary N) is 2. The molecule has 1 aromatic heterocycles. The molecule has 0 unspecified atom stereocenters. The molecule has 0 radical (unpaired) electrons. The van der Waals surface area contributed by atoms with E-state index in [1.807, 2.05) is 0 Å². The molecule has 1 heterocycles. The molecule has 1 fully saturated rings. The van der Waals surface area contributed by atoms with Crippen molar-refractivity contribution in [3.05, 3.63) is 35.8 Å². The minimum Gasteiger partial charge on any atom is -0.481 e. The number of rotatable bonds is 4. The van der Waals surface area contributed by atoms with Crippen LogP contribution in [0.4, 0.5) is 4.39 Å². The minimum absolute atomic E-state index is 0.147. The number of fused-ring (bicyclic) bond motifs is 1. The fourth-order valence-electron chi connectivity index (χ4n) is 3.51. The van der Waals surface area contributed by atoms with Gasteiger partial charge in [0, 0.05) is 23.1 Å². The number of carbonyl (C=O) groups is 2. The van der Waals surface area contributed by atoms with Crippen LogP contribution in [-0.2, 0) is 16.0 Å². The highest BCUT2D eigenvalue weighted by atomic mass is 19.1. The summed E-state index contributed by atoms with van der Waals surface area (Å²) in [6, 6.07) is 4.08. The number of benzene rings is 1. The molecule has 1 saturated carbocycles. The summed E-state index contributed by atoms with van der Waals surface area (Å²) in [6.45, 7) is 0. The van der Waals surface area contributed by atoms with Gasteiger partial charge in [0.2, 0.25) is 5.91 Å². The molecule has 128 valence electrons. The van der Waals surface area contributed by atoms with Gasteiger partial charge in [0.05, 0.1) is 12.3 Å².